The number of piperazine rings is 1. The molecule has 2 heterocycles. The standard InChI is InChI=1S/C11H18N4OS/c1-14(6-10-8-17-9-13-10)7-11(16)15-4-2-12-3-5-15/h8-9,12H,2-7H2,1H3. The Hall–Kier alpha value is -0.980. The van der Waals surface area contributed by atoms with E-state index in [9.17, 15) is 4.79 Å². The summed E-state index contributed by atoms with van der Waals surface area (Å²) in [5.41, 5.74) is 2.85. The van der Waals surface area contributed by atoms with Crippen LogP contribution >= 0.6 is 11.3 Å². The van der Waals surface area contributed by atoms with Gasteiger partial charge in [-0.2, -0.15) is 0 Å². The highest BCUT2D eigenvalue weighted by Crippen LogP contribution is 2.04. The number of thiazole rings is 1. The Balaban J connectivity index is 1.77. The van der Waals surface area contributed by atoms with E-state index < -0.39 is 0 Å². The lowest BCUT2D eigenvalue weighted by Crippen LogP contribution is -2.49. The fourth-order valence-corrected chi connectivity index (χ4v) is 2.44. The SMILES string of the molecule is CN(CC(=O)N1CCNCC1)Cc1cscn1. The van der Waals surface area contributed by atoms with Crippen LogP contribution in [0.4, 0.5) is 0 Å². The number of hydrogen-bond donors (Lipinski definition) is 1. The monoisotopic (exact) mass is 254 g/mol. The van der Waals surface area contributed by atoms with E-state index in [0.29, 0.717) is 6.54 Å². The van der Waals surface area contributed by atoms with Gasteiger partial charge in [0.1, 0.15) is 0 Å². The van der Waals surface area contributed by atoms with Gasteiger partial charge < -0.3 is 10.2 Å². The second-order valence-electron chi connectivity index (χ2n) is 4.28. The number of carbonyl (C=O) groups excluding carboxylic acids is 1. The van der Waals surface area contributed by atoms with Crippen LogP contribution in [-0.4, -0.2) is 60.5 Å². The summed E-state index contributed by atoms with van der Waals surface area (Å²) < 4.78 is 0. The molecule has 0 aliphatic carbocycles. The minimum absolute atomic E-state index is 0.212. The maximum Gasteiger partial charge on any atom is 0.236 e. The summed E-state index contributed by atoms with van der Waals surface area (Å²) in [6.07, 6.45) is 0. The number of amides is 1. The largest absolute Gasteiger partial charge is 0.339 e. The Morgan fingerprint density at radius 1 is 1.59 bits per heavy atom. The van der Waals surface area contributed by atoms with Gasteiger partial charge in [-0.25, -0.2) is 4.98 Å². The van der Waals surface area contributed by atoms with Crippen LogP contribution in [0.5, 0.6) is 0 Å². The topological polar surface area (TPSA) is 48.5 Å². The van der Waals surface area contributed by atoms with Crippen molar-refractivity contribution in [3.8, 4) is 0 Å². The van der Waals surface area contributed by atoms with E-state index in [1.807, 2.05) is 27.7 Å². The van der Waals surface area contributed by atoms with Gasteiger partial charge in [0.15, 0.2) is 0 Å². The maximum atomic E-state index is 12.0. The second kappa shape index (κ2) is 6.09. The smallest absolute Gasteiger partial charge is 0.236 e. The van der Waals surface area contributed by atoms with Crippen molar-refractivity contribution in [2.45, 2.75) is 6.54 Å². The van der Waals surface area contributed by atoms with E-state index >= 15 is 0 Å². The molecule has 2 rings (SSSR count). The third-order valence-corrected chi connectivity index (χ3v) is 3.43. The number of likely N-dealkylation sites (N-methyl/N-ethyl adjacent to an activating group) is 1. The Morgan fingerprint density at radius 3 is 3.00 bits per heavy atom. The number of rotatable bonds is 4. The molecule has 0 atom stereocenters. The Labute approximate surface area is 105 Å². The highest BCUT2D eigenvalue weighted by atomic mass is 32.1. The third-order valence-electron chi connectivity index (χ3n) is 2.79. The number of aromatic nitrogens is 1. The van der Waals surface area contributed by atoms with Gasteiger partial charge in [-0.15, -0.1) is 11.3 Å². The molecule has 1 saturated heterocycles. The molecule has 17 heavy (non-hydrogen) atoms. The van der Waals surface area contributed by atoms with Crippen molar-refractivity contribution in [1.82, 2.24) is 20.1 Å². The zero-order valence-corrected chi connectivity index (χ0v) is 10.9. The van der Waals surface area contributed by atoms with Crippen molar-refractivity contribution in [3.63, 3.8) is 0 Å². The minimum atomic E-state index is 0.212. The second-order valence-corrected chi connectivity index (χ2v) is 5.00. The summed E-state index contributed by atoms with van der Waals surface area (Å²) in [5, 5.41) is 5.26. The van der Waals surface area contributed by atoms with Crippen LogP contribution in [0.15, 0.2) is 10.9 Å². The first-order valence-electron chi connectivity index (χ1n) is 5.80. The van der Waals surface area contributed by atoms with Crippen LogP contribution < -0.4 is 5.32 Å². The number of carbonyl (C=O) groups is 1. The van der Waals surface area contributed by atoms with E-state index in [1.54, 1.807) is 11.3 Å². The predicted octanol–water partition coefficient (Wildman–Crippen LogP) is 0.00670. The van der Waals surface area contributed by atoms with Crippen molar-refractivity contribution in [2.75, 3.05) is 39.8 Å². The quantitative estimate of drug-likeness (QED) is 0.822. The first kappa shape index (κ1) is 12.5. The molecule has 5 nitrogen and oxygen atoms in total. The first-order chi connectivity index (χ1) is 8.25. The van der Waals surface area contributed by atoms with E-state index in [-0.39, 0.29) is 5.91 Å². The van der Waals surface area contributed by atoms with Crippen LogP contribution in [0.2, 0.25) is 0 Å². The zero-order valence-electron chi connectivity index (χ0n) is 10.1. The van der Waals surface area contributed by atoms with Gasteiger partial charge in [0, 0.05) is 38.1 Å². The average molecular weight is 254 g/mol. The predicted molar refractivity (Wildman–Crippen MR) is 67.9 cm³/mol. The van der Waals surface area contributed by atoms with Gasteiger partial charge in [-0.05, 0) is 7.05 Å². The van der Waals surface area contributed by atoms with E-state index in [4.69, 9.17) is 0 Å². The fourth-order valence-electron chi connectivity index (χ4n) is 1.89. The normalized spacial score (nSPS) is 16.5. The zero-order chi connectivity index (χ0) is 12.1. The summed E-state index contributed by atoms with van der Waals surface area (Å²) in [6.45, 7) is 4.66. The summed E-state index contributed by atoms with van der Waals surface area (Å²) in [5.74, 6) is 0.212. The molecule has 0 bridgehead atoms. The van der Waals surface area contributed by atoms with Gasteiger partial charge in [0.25, 0.3) is 0 Å². The van der Waals surface area contributed by atoms with Crippen molar-refractivity contribution in [1.29, 1.82) is 0 Å². The van der Waals surface area contributed by atoms with Crippen molar-refractivity contribution >= 4 is 17.2 Å². The molecule has 0 spiro atoms. The molecule has 1 aliphatic rings. The van der Waals surface area contributed by atoms with Crippen molar-refractivity contribution in [2.24, 2.45) is 0 Å². The molecule has 1 aliphatic heterocycles. The minimum Gasteiger partial charge on any atom is -0.339 e. The summed E-state index contributed by atoms with van der Waals surface area (Å²) in [6, 6.07) is 0. The molecular weight excluding hydrogens is 236 g/mol. The number of hydrogen-bond acceptors (Lipinski definition) is 5. The lowest BCUT2D eigenvalue weighted by molar-refractivity contribution is -0.132. The molecule has 1 fully saturated rings. The van der Waals surface area contributed by atoms with Gasteiger partial charge in [0.2, 0.25) is 5.91 Å². The molecule has 0 radical (unpaired) electrons. The molecule has 0 saturated carbocycles. The van der Waals surface area contributed by atoms with E-state index in [0.717, 1.165) is 38.4 Å². The highest BCUT2D eigenvalue weighted by molar-refractivity contribution is 7.07. The summed E-state index contributed by atoms with van der Waals surface area (Å²) >= 11 is 1.59. The van der Waals surface area contributed by atoms with Crippen LogP contribution in [0.25, 0.3) is 0 Å². The maximum absolute atomic E-state index is 12.0. The molecule has 0 aromatic carbocycles. The molecule has 1 aromatic rings. The van der Waals surface area contributed by atoms with Gasteiger partial charge in [-0.1, -0.05) is 0 Å². The molecule has 1 N–H and O–H groups in total. The lowest BCUT2D eigenvalue weighted by Gasteiger charge is -2.29. The van der Waals surface area contributed by atoms with Crippen molar-refractivity contribution < 1.29 is 4.79 Å². The van der Waals surface area contributed by atoms with Crippen LogP contribution in [0, 0.1) is 0 Å². The van der Waals surface area contributed by atoms with Crippen LogP contribution in [0.1, 0.15) is 5.69 Å². The van der Waals surface area contributed by atoms with Crippen molar-refractivity contribution in [3.05, 3.63) is 16.6 Å². The first-order valence-corrected chi connectivity index (χ1v) is 6.74. The lowest BCUT2D eigenvalue weighted by atomic mass is 10.3. The Kier molecular flexibility index (Phi) is 4.47. The van der Waals surface area contributed by atoms with Gasteiger partial charge in [0.05, 0.1) is 17.7 Å². The fraction of sp³-hybridized carbons (Fsp3) is 0.636. The molecule has 6 heteroatoms. The average Bonchev–Trinajstić information content (AvgIpc) is 2.82. The molecular formula is C11H18N4OS. The van der Waals surface area contributed by atoms with Gasteiger partial charge >= 0.3 is 0 Å². The third kappa shape index (κ3) is 3.76. The molecule has 94 valence electrons. The molecule has 0 unspecified atom stereocenters. The number of nitrogens with zero attached hydrogens (tertiary/aromatic N) is 3. The Bertz CT molecular complexity index is 348. The highest BCUT2D eigenvalue weighted by Gasteiger charge is 2.17. The van der Waals surface area contributed by atoms with Gasteiger partial charge in [-0.3, -0.25) is 9.69 Å². The van der Waals surface area contributed by atoms with Crippen LogP contribution in [0.3, 0.4) is 0 Å². The molecule has 1 amide bonds. The van der Waals surface area contributed by atoms with E-state index in [1.165, 1.54) is 0 Å². The summed E-state index contributed by atoms with van der Waals surface area (Å²) in [7, 11) is 1.96. The van der Waals surface area contributed by atoms with Crippen LogP contribution in [-0.2, 0) is 11.3 Å². The number of nitrogens with one attached hydrogen (secondary N) is 1. The summed E-state index contributed by atoms with van der Waals surface area (Å²) in [4.78, 5) is 20.1. The van der Waals surface area contributed by atoms with E-state index in [2.05, 4.69) is 10.3 Å². The molecule has 1 aromatic heterocycles. The Morgan fingerprint density at radius 2 is 2.35 bits per heavy atom.